The van der Waals surface area contributed by atoms with Gasteiger partial charge >= 0.3 is 0 Å². The summed E-state index contributed by atoms with van der Waals surface area (Å²) in [6.07, 6.45) is 4.17. The molecule has 0 aromatic carbocycles. The summed E-state index contributed by atoms with van der Waals surface area (Å²) >= 11 is 0. The summed E-state index contributed by atoms with van der Waals surface area (Å²) in [5, 5.41) is 0.298. The van der Waals surface area contributed by atoms with E-state index < -0.39 is 8.32 Å². The van der Waals surface area contributed by atoms with E-state index in [-0.39, 0.29) is 0 Å². The van der Waals surface area contributed by atoms with Crippen LogP contribution in [0.1, 0.15) is 37.6 Å². The second-order valence-electron chi connectivity index (χ2n) is 7.40. The summed E-state index contributed by atoms with van der Waals surface area (Å²) in [4.78, 5) is 4.52. The summed E-state index contributed by atoms with van der Waals surface area (Å²) in [6.45, 7) is 14.7. The molecule has 1 aromatic rings. The van der Waals surface area contributed by atoms with Crippen LogP contribution >= 0.6 is 0 Å². The van der Waals surface area contributed by atoms with Crippen LogP contribution in [0, 0.1) is 12.8 Å². The minimum atomic E-state index is -1.61. The minimum absolute atomic E-state index is 0.298. The van der Waals surface area contributed by atoms with Gasteiger partial charge in [-0.25, -0.2) is 0 Å². The van der Waals surface area contributed by atoms with Crippen LogP contribution in [0.3, 0.4) is 0 Å². The summed E-state index contributed by atoms with van der Waals surface area (Å²) in [5.74, 6) is 0.623. The molecule has 1 aliphatic rings. The van der Waals surface area contributed by atoms with Gasteiger partial charge in [0.15, 0.2) is 8.32 Å². The van der Waals surface area contributed by atoms with Crippen LogP contribution in [-0.4, -0.2) is 19.9 Å². The average molecular weight is 277 g/mol. The van der Waals surface area contributed by atoms with Gasteiger partial charge in [-0.05, 0) is 61.0 Å². The number of fused-ring (bicyclic) bond motifs is 1. The monoisotopic (exact) mass is 277 g/mol. The van der Waals surface area contributed by atoms with E-state index in [1.807, 2.05) is 6.20 Å². The maximum absolute atomic E-state index is 6.36. The molecule has 1 aromatic heterocycles. The zero-order valence-electron chi connectivity index (χ0n) is 13.2. The van der Waals surface area contributed by atoms with Gasteiger partial charge < -0.3 is 4.43 Å². The molecule has 0 saturated carbocycles. The second-order valence-corrected chi connectivity index (χ2v) is 12.2. The quantitative estimate of drug-likeness (QED) is 0.775. The first-order valence-electron chi connectivity index (χ1n) is 7.28. The molecule has 19 heavy (non-hydrogen) atoms. The lowest BCUT2D eigenvalue weighted by atomic mass is 10.1. The third-order valence-electron chi connectivity index (χ3n) is 4.84. The van der Waals surface area contributed by atoms with E-state index in [2.05, 4.69) is 51.8 Å². The van der Waals surface area contributed by atoms with Gasteiger partial charge in [0.25, 0.3) is 0 Å². The molecule has 0 spiro atoms. The summed E-state index contributed by atoms with van der Waals surface area (Å²) in [7, 11) is -1.61. The van der Waals surface area contributed by atoms with Crippen molar-refractivity contribution in [2.24, 2.45) is 5.92 Å². The Morgan fingerprint density at radius 2 is 2.00 bits per heavy atom. The molecule has 2 nitrogen and oxygen atoms in total. The molecule has 0 aliphatic heterocycles. The fraction of sp³-hybridized carbons (Fsp3) is 0.688. The van der Waals surface area contributed by atoms with Crippen LogP contribution in [0.15, 0.2) is 12.3 Å². The summed E-state index contributed by atoms with van der Waals surface area (Å²) in [5.41, 5.74) is 4.15. The molecule has 0 N–H and O–H groups in total. The highest BCUT2D eigenvalue weighted by molar-refractivity contribution is 6.74. The van der Waals surface area contributed by atoms with E-state index >= 15 is 0 Å². The highest BCUT2D eigenvalue weighted by Gasteiger charge is 2.38. The number of aryl methyl sites for hydroxylation is 1. The minimum Gasteiger partial charge on any atom is -0.417 e. The zero-order chi connectivity index (χ0) is 14.3. The number of hydrogen-bond donors (Lipinski definition) is 0. The maximum atomic E-state index is 6.36. The molecule has 0 fully saturated rings. The summed E-state index contributed by atoms with van der Waals surface area (Å²) in [6, 6.07) is 2.12. The van der Waals surface area contributed by atoms with E-state index in [0.717, 1.165) is 19.4 Å². The first kappa shape index (κ1) is 14.7. The molecule has 0 saturated heterocycles. The predicted molar refractivity (Wildman–Crippen MR) is 83.0 cm³/mol. The molecule has 2 rings (SSSR count). The van der Waals surface area contributed by atoms with Gasteiger partial charge in [-0.3, -0.25) is 4.98 Å². The average Bonchev–Trinajstić information content (AvgIpc) is 2.69. The van der Waals surface area contributed by atoms with Crippen LogP contribution in [0.25, 0.3) is 0 Å². The lowest BCUT2D eigenvalue weighted by molar-refractivity contribution is 0.232. The number of nitrogens with zero attached hydrogens (tertiary/aromatic N) is 1. The topological polar surface area (TPSA) is 22.1 Å². The van der Waals surface area contributed by atoms with E-state index in [9.17, 15) is 0 Å². The fourth-order valence-corrected chi connectivity index (χ4v) is 3.48. The predicted octanol–water partition coefficient (Wildman–Crippen LogP) is 4.13. The van der Waals surface area contributed by atoms with E-state index in [1.54, 1.807) is 0 Å². The van der Waals surface area contributed by atoms with Crippen LogP contribution in [0.2, 0.25) is 18.1 Å². The number of pyridine rings is 1. The smallest absolute Gasteiger partial charge is 0.191 e. The third kappa shape index (κ3) is 3.08. The van der Waals surface area contributed by atoms with Crippen molar-refractivity contribution in [1.29, 1.82) is 0 Å². The molecule has 0 bridgehead atoms. The van der Waals surface area contributed by atoms with Crippen molar-refractivity contribution < 1.29 is 4.43 Å². The molecule has 106 valence electrons. The first-order valence-corrected chi connectivity index (χ1v) is 10.2. The van der Waals surface area contributed by atoms with Crippen molar-refractivity contribution in [3.05, 3.63) is 29.1 Å². The van der Waals surface area contributed by atoms with Crippen molar-refractivity contribution in [3.63, 3.8) is 0 Å². The molecule has 0 radical (unpaired) electrons. The Bertz CT molecular complexity index is 462. The largest absolute Gasteiger partial charge is 0.417 e. The molecule has 1 aliphatic carbocycles. The Balaban J connectivity index is 1.97. The lowest BCUT2D eigenvalue weighted by Gasteiger charge is -2.37. The molecule has 0 amide bonds. The number of aromatic nitrogens is 1. The number of rotatable bonds is 3. The standard InChI is InChI=1S/C16H27NOSi/c1-12-7-8-17-15-10-13(9-14(12)15)11-18-19(5,6)16(2,3)4/h7-8,13H,9-11H2,1-6H3. The molecule has 1 unspecified atom stereocenters. The van der Waals surface area contributed by atoms with Gasteiger partial charge in [-0.1, -0.05) is 20.8 Å². The van der Waals surface area contributed by atoms with Gasteiger partial charge in [0, 0.05) is 18.5 Å². The highest BCUT2D eigenvalue weighted by Crippen LogP contribution is 2.37. The first-order chi connectivity index (χ1) is 8.71. The maximum Gasteiger partial charge on any atom is 0.191 e. The Morgan fingerprint density at radius 3 is 2.58 bits per heavy atom. The number of hydrogen-bond acceptors (Lipinski definition) is 2. The zero-order valence-corrected chi connectivity index (χ0v) is 14.2. The Kier molecular flexibility index (Phi) is 3.89. The molecule has 1 heterocycles. The molecule has 3 heteroatoms. The van der Waals surface area contributed by atoms with Gasteiger partial charge in [-0.2, -0.15) is 0 Å². The Hall–Kier alpha value is -0.673. The van der Waals surface area contributed by atoms with Gasteiger partial charge in [0.2, 0.25) is 0 Å². The SMILES string of the molecule is Cc1ccnc2c1CC(CO[Si](C)(C)C(C)(C)C)C2. The lowest BCUT2D eigenvalue weighted by Crippen LogP contribution is -2.42. The van der Waals surface area contributed by atoms with Crippen LogP contribution in [0.4, 0.5) is 0 Å². The van der Waals surface area contributed by atoms with E-state index in [1.165, 1.54) is 16.8 Å². The van der Waals surface area contributed by atoms with Crippen LogP contribution < -0.4 is 0 Å². The molecular weight excluding hydrogens is 250 g/mol. The van der Waals surface area contributed by atoms with Crippen molar-refractivity contribution >= 4 is 8.32 Å². The van der Waals surface area contributed by atoms with Crippen LogP contribution in [0.5, 0.6) is 0 Å². The normalized spacial score (nSPS) is 19.6. The van der Waals surface area contributed by atoms with Crippen molar-refractivity contribution in [2.75, 3.05) is 6.61 Å². The van der Waals surface area contributed by atoms with Crippen LogP contribution in [-0.2, 0) is 17.3 Å². The van der Waals surface area contributed by atoms with Crippen molar-refractivity contribution in [3.8, 4) is 0 Å². The van der Waals surface area contributed by atoms with Gasteiger partial charge in [0.05, 0.1) is 0 Å². The second kappa shape index (κ2) is 5.02. The Morgan fingerprint density at radius 1 is 1.32 bits per heavy atom. The van der Waals surface area contributed by atoms with E-state index in [0.29, 0.717) is 11.0 Å². The highest BCUT2D eigenvalue weighted by atomic mass is 28.4. The van der Waals surface area contributed by atoms with Crippen molar-refractivity contribution in [2.45, 2.75) is 58.7 Å². The third-order valence-corrected chi connectivity index (χ3v) is 9.34. The van der Waals surface area contributed by atoms with Gasteiger partial charge in [0.1, 0.15) is 0 Å². The van der Waals surface area contributed by atoms with Gasteiger partial charge in [-0.15, -0.1) is 0 Å². The Labute approximate surface area is 118 Å². The fourth-order valence-electron chi connectivity index (χ4n) is 2.39. The van der Waals surface area contributed by atoms with Crippen molar-refractivity contribution in [1.82, 2.24) is 4.98 Å². The molecule has 1 atom stereocenters. The summed E-state index contributed by atoms with van der Waals surface area (Å²) < 4.78 is 6.36. The molecular formula is C16H27NOSi. The van der Waals surface area contributed by atoms with E-state index in [4.69, 9.17) is 4.43 Å².